The number of carbonyl (C=O) groups is 3. The number of aromatic nitrogens is 1. The van der Waals surface area contributed by atoms with Gasteiger partial charge in [0, 0.05) is 6.92 Å². The molecule has 0 aliphatic heterocycles. The van der Waals surface area contributed by atoms with E-state index in [1.165, 1.54) is 0 Å². The van der Waals surface area contributed by atoms with E-state index < -0.39 is 29.0 Å². The van der Waals surface area contributed by atoms with Gasteiger partial charge in [0.15, 0.2) is 0 Å². The Morgan fingerprint density at radius 3 is 2.09 bits per heavy atom. The third kappa shape index (κ3) is 3.62. The standard InChI is InChI=1S/C13H17N3O6/c1-4-21-12(19)8-6-9(13(20)22-5-2)11(18)16(10(8)14)15-7(3)17/h6H,4-5,14H2,1-3H3,(H,15,17). The van der Waals surface area contributed by atoms with Gasteiger partial charge in [-0.1, -0.05) is 0 Å². The lowest BCUT2D eigenvalue weighted by molar-refractivity contribution is -0.115. The van der Waals surface area contributed by atoms with E-state index in [1.54, 1.807) is 13.8 Å². The first kappa shape index (κ1) is 17.2. The molecule has 0 atom stereocenters. The third-order valence-electron chi connectivity index (χ3n) is 2.50. The van der Waals surface area contributed by atoms with Crippen LogP contribution in [0.25, 0.3) is 0 Å². The van der Waals surface area contributed by atoms with Crippen molar-refractivity contribution in [3.8, 4) is 0 Å². The Kier molecular flexibility index (Phi) is 5.67. The molecule has 1 amide bonds. The fraction of sp³-hybridized carbons (Fsp3) is 0.385. The van der Waals surface area contributed by atoms with E-state index in [9.17, 15) is 19.2 Å². The Morgan fingerprint density at radius 2 is 1.64 bits per heavy atom. The van der Waals surface area contributed by atoms with Crippen LogP contribution in [0, 0.1) is 0 Å². The number of nitrogens with zero attached hydrogens (tertiary/aromatic N) is 1. The molecule has 120 valence electrons. The first-order chi connectivity index (χ1) is 10.3. The molecule has 0 unspecified atom stereocenters. The van der Waals surface area contributed by atoms with Gasteiger partial charge in [-0.15, -0.1) is 0 Å². The fourth-order valence-corrected chi connectivity index (χ4v) is 1.63. The number of nitrogens with one attached hydrogen (secondary N) is 1. The monoisotopic (exact) mass is 311 g/mol. The molecule has 9 heteroatoms. The van der Waals surface area contributed by atoms with Crippen LogP contribution in [0.15, 0.2) is 10.9 Å². The number of pyridine rings is 1. The molecule has 0 aromatic carbocycles. The molecule has 1 aromatic rings. The number of nitrogen functional groups attached to an aromatic ring is 1. The average Bonchev–Trinajstić information content (AvgIpc) is 2.43. The van der Waals surface area contributed by atoms with E-state index in [0.29, 0.717) is 4.68 Å². The van der Waals surface area contributed by atoms with Gasteiger partial charge in [0.1, 0.15) is 16.9 Å². The van der Waals surface area contributed by atoms with E-state index >= 15 is 0 Å². The summed E-state index contributed by atoms with van der Waals surface area (Å²) in [4.78, 5) is 47.0. The smallest absolute Gasteiger partial charge is 0.343 e. The molecular formula is C13H17N3O6. The van der Waals surface area contributed by atoms with Crippen LogP contribution in [0.4, 0.5) is 5.82 Å². The maximum Gasteiger partial charge on any atom is 0.343 e. The van der Waals surface area contributed by atoms with E-state index in [1.807, 2.05) is 0 Å². The van der Waals surface area contributed by atoms with Crippen molar-refractivity contribution in [1.29, 1.82) is 0 Å². The Bertz CT molecular complexity index is 664. The molecule has 1 aromatic heterocycles. The molecule has 9 nitrogen and oxygen atoms in total. The molecular weight excluding hydrogens is 294 g/mol. The van der Waals surface area contributed by atoms with E-state index in [0.717, 1.165) is 13.0 Å². The van der Waals surface area contributed by atoms with Crippen molar-refractivity contribution in [2.45, 2.75) is 20.8 Å². The zero-order valence-electron chi connectivity index (χ0n) is 12.5. The Balaban J connectivity index is 3.55. The van der Waals surface area contributed by atoms with Crippen molar-refractivity contribution in [2.24, 2.45) is 0 Å². The number of nitrogens with two attached hydrogens (primary N) is 1. The highest BCUT2D eigenvalue weighted by Gasteiger charge is 2.23. The quantitative estimate of drug-likeness (QED) is 0.724. The fourth-order valence-electron chi connectivity index (χ4n) is 1.63. The molecule has 0 bridgehead atoms. The number of hydrogen-bond acceptors (Lipinski definition) is 7. The minimum atomic E-state index is -0.933. The molecule has 0 fully saturated rings. The lowest BCUT2D eigenvalue weighted by Gasteiger charge is -2.14. The number of anilines is 1. The lowest BCUT2D eigenvalue weighted by atomic mass is 10.2. The van der Waals surface area contributed by atoms with Gasteiger partial charge in [-0.25, -0.2) is 9.59 Å². The molecule has 0 radical (unpaired) electrons. The molecule has 0 saturated carbocycles. The van der Waals surface area contributed by atoms with E-state index in [4.69, 9.17) is 15.2 Å². The van der Waals surface area contributed by atoms with Crippen LogP contribution in [-0.2, 0) is 14.3 Å². The summed E-state index contributed by atoms with van der Waals surface area (Å²) in [5.41, 5.74) is 6.28. The van der Waals surface area contributed by atoms with Crippen molar-refractivity contribution in [2.75, 3.05) is 24.4 Å². The second-order valence-corrected chi connectivity index (χ2v) is 4.11. The predicted molar refractivity (Wildman–Crippen MR) is 77.1 cm³/mol. The maximum absolute atomic E-state index is 12.2. The third-order valence-corrected chi connectivity index (χ3v) is 2.50. The summed E-state index contributed by atoms with van der Waals surface area (Å²) in [5.74, 6) is -2.71. The van der Waals surface area contributed by atoms with Crippen molar-refractivity contribution in [3.63, 3.8) is 0 Å². The predicted octanol–water partition coefficient (Wildman–Crippen LogP) is -0.126. The van der Waals surface area contributed by atoms with E-state index in [-0.39, 0.29) is 24.6 Å². The summed E-state index contributed by atoms with van der Waals surface area (Å²) in [6, 6.07) is 0.992. The highest BCUT2D eigenvalue weighted by atomic mass is 16.5. The Labute approximate surface area is 126 Å². The molecule has 1 rings (SSSR count). The number of hydrogen-bond donors (Lipinski definition) is 2. The summed E-state index contributed by atoms with van der Waals surface area (Å²) in [6.45, 7) is 4.41. The van der Waals surface area contributed by atoms with Crippen LogP contribution in [-0.4, -0.2) is 35.7 Å². The topological polar surface area (TPSA) is 130 Å². The minimum absolute atomic E-state index is 0.0392. The normalized spacial score (nSPS) is 9.95. The van der Waals surface area contributed by atoms with E-state index in [2.05, 4.69) is 5.43 Å². The van der Waals surface area contributed by atoms with Crippen molar-refractivity contribution in [3.05, 3.63) is 27.5 Å². The zero-order chi connectivity index (χ0) is 16.9. The van der Waals surface area contributed by atoms with Crippen LogP contribution in [0.2, 0.25) is 0 Å². The highest BCUT2D eigenvalue weighted by molar-refractivity contribution is 5.98. The zero-order valence-corrected chi connectivity index (χ0v) is 12.5. The van der Waals surface area contributed by atoms with Crippen LogP contribution < -0.4 is 16.7 Å². The minimum Gasteiger partial charge on any atom is -0.462 e. The van der Waals surface area contributed by atoms with Gasteiger partial charge in [-0.2, -0.15) is 4.68 Å². The summed E-state index contributed by atoms with van der Waals surface area (Å²) in [5, 5.41) is 0. The van der Waals surface area contributed by atoms with Crippen molar-refractivity contribution < 1.29 is 23.9 Å². The summed E-state index contributed by atoms with van der Waals surface area (Å²) < 4.78 is 10.2. The molecule has 0 aliphatic carbocycles. The van der Waals surface area contributed by atoms with Crippen LogP contribution >= 0.6 is 0 Å². The Hall–Kier alpha value is -2.84. The first-order valence-electron chi connectivity index (χ1n) is 6.50. The number of rotatable bonds is 5. The van der Waals surface area contributed by atoms with Gasteiger partial charge in [0.2, 0.25) is 5.91 Å². The van der Waals surface area contributed by atoms with Gasteiger partial charge in [0.05, 0.1) is 13.2 Å². The second-order valence-electron chi connectivity index (χ2n) is 4.11. The highest BCUT2D eigenvalue weighted by Crippen LogP contribution is 2.13. The molecule has 0 saturated heterocycles. The number of amides is 1. The SMILES string of the molecule is CCOC(=O)c1cc(C(=O)OCC)c(=O)n(NC(C)=O)c1N. The van der Waals surface area contributed by atoms with Crippen LogP contribution in [0.1, 0.15) is 41.5 Å². The second kappa shape index (κ2) is 7.25. The average molecular weight is 311 g/mol. The molecule has 0 spiro atoms. The molecule has 3 N–H and O–H groups in total. The van der Waals surface area contributed by atoms with Crippen molar-refractivity contribution in [1.82, 2.24) is 4.68 Å². The van der Waals surface area contributed by atoms with Gasteiger partial charge >= 0.3 is 11.9 Å². The molecule has 0 aliphatic rings. The van der Waals surface area contributed by atoms with Gasteiger partial charge in [0.25, 0.3) is 5.56 Å². The van der Waals surface area contributed by atoms with Crippen LogP contribution in [0.3, 0.4) is 0 Å². The summed E-state index contributed by atoms with van der Waals surface area (Å²) in [6.07, 6.45) is 0. The number of carbonyl (C=O) groups excluding carboxylic acids is 3. The van der Waals surface area contributed by atoms with Crippen molar-refractivity contribution >= 4 is 23.7 Å². The summed E-state index contributed by atoms with van der Waals surface area (Å²) in [7, 11) is 0. The molecule has 22 heavy (non-hydrogen) atoms. The van der Waals surface area contributed by atoms with Crippen LogP contribution in [0.5, 0.6) is 0 Å². The number of esters is 2. The molecule has 1 heterocycles. The van der Waals surface area contributed by atoms with Gasteiger partial charge in [-0.05, 0) is 19.9 Å². The maximum atomic E-state index is 12.2. The lowest BCUT2D eigenvalue weighted by Crippen LogP contribution is -2.38. The first-order valence-corrected chi connectivity index (χ1v) is 6.50. The Morgan fingerprint density at radius 1 is 1.14 bits per heavy atom. The van der Waals surface area contributed by atoms with Gasteiger partial charge < -0.3 is 15.2 Å². The largest absolute Gasteiger partial charge is 0.462 e. The van der Waals surface area contributed by atoms with Gasteiger partial charge in [-0.3, -0.25) is 15.0 Å². The number of ether oxygens (including phenoxy) is 2. The summed E-state index contributed by atoms with van der Waals surface area (Å²) >= 11 is 0.